The van der Waals surface area contributed by atoms with Crippen molar-refractivity contribution in [2.45, 2.75) is 38.3 Å². The van der Waals surface area contributed by atoms with E-state index in [2.05, 4.69) is 0 Å². The highest BCUT2D eigenvalue weighted by molar-refractivity contribution is 5.93. The summed E-state index contributed by atoms with van der Waals surface area (Å²) in [6.07, 6.45) is 3.68. The van der Waals surface area contributed by atoms with Gasteiger partial charge in [0.1, 0.15) is 0 Å². The second-order valence-electron chi connectivity index (χ2n) is 6.27. The van der Waals surface area contributed by atoms with Crippen LogP contribution in [0.3, 0.4) is 0 Å². The minimum absolute atomic E-state index is 0.0997. The first-order valence-corrected chi connectivity index (χ1v) is 7.82. The monoisotopic (exact) mass is 321 g/mol. The maximum atomic E-state index is 11.2. The van der Waals surface area contributed by atoms with Crippen molar-refractivity contribution < 1.29 is 14.8 Å². The number of aliphatic hydroxyl groups excluding tert-OH is 1. The van der Waals surface area contributed by atoms with Crippen molar-refractivity contribution in [2.24, 2.45) is 11.7 Å². The average Bonchev–Trinajstić information content (AvgIpc) is 2.49. The number of aliphatic hydroxyl groups is 1. The van der Waals surface area contributed by atoms with Crippen molar-refractivity contribution in [3.8, 4) is 0 Å². The first-order valence-electron chi connectivity index (χ1n) is 7.82. The largest absolute Gasteiger partial charge is 0.393 e. The van der Waals surface area contributed by atoms with Gasteiger partial charge in [0, 0.05) is 30.3 Å². The van der Waals surface area contributed by atoms with Crippen LogP contribution >= 0.6 is 0 Å². The Balaban J connectivity index is 2.09. The molecule has 0 spiro atoms. The maximum absolute atomic E-state index is 11.2. The second-order valence-corrected chi connectivity index (χ2v) is 6.27. The molecule has 0 aromatic heterocycles. The summed E-state index contributed by atoms with van der Waals surface area (Å²) in [7, 11) is 1.88. The highest BCUT2D eigenvalue weighted by Gasteiger charge is 2.25. The van der Waals surface area contributed by atoms with E-state index in [1.807, 2.05) is 11.9 Å². The van der Waals surface area contributed by atoms with Gasteiger partial charge in [-0.3, -0.25) is 14.9 Å². The predicted octanol–water partition coefficient (Wildman–Crippen LogP) is 1.68. The topological polar surface area (TPSA) is 110 Å². The molecule has 1 saturated carbocycles. The molecule has 1 amide bonds. The number of carbonyl (C=O) groups excluding carboxylic acids is 1. The summed E-state index contributed by atoms with van der Waals surface area (Å²) in [6, 6.07) is 4.31. The molecule has 1 aromatic carbocycles. The highest BCUT2D eigenvalue weighted by Crippen LogP contribution is 2.26. The Hall–Kier alpha value is -1.99. The maximum Gasteiger partial charge on any atom is 0.274 e. The second kappa shape index (κ2) is 7.52. The van der Waals surface area contributed by atoms with E-state index in [0.717, 1.165) is 25.7 Å². The molecule has 126 valence electrons. The van der Waals surface area contributed by atoms with E-state index >= 15 is 0 Å². The van der Waals surface area contributed by atoms with Crippen LogP contribution in [0.25, 0.3) is 0 Å². The lowest BCUT2D eigenvalue weighted by molar-refractivity contribution is -0.385. The Morgan fingerprint density at radius 2 is 2.13 bits per heavy atom. The molecule has 1 aliphatic rings. The zero-order valence-electron chi connectivity index (χ0n) is 13.3. The molecular formula is C16H23N3O4. The van der Waals surface area contributed by atoms with Gasteiger partial charge in [-0.1, -0.05) is 18.9 Å². The molecule has 2 atom stereocenters. The van der Waals surface area contributed by atoms with Gasteiger partial charge in [-0.05, 0) is 31.9 Å². The summed E-state index contributed by atoms with van der Waals surface area (Å²) in [5.41, 5.74) is 5.74. The third kappa shape index (κ3) is 4.49. The molecule has 0 saturated heterocycles. The minimum Gasteiger partial charge on any atom is -0.393 e. The van der Waals surface area contributed by atoms with E-state index in [1.165, 1.54) is 12.1 Å². The van der Waals surface area contributed by atoms with E-state index in [1.54, 1.807) is 6.07 Å². The zero-order chi connectivity index (χ0) is 17.0. The molecule has 7 nitrogen and oxygen atoms in total. The van der Waals surface area contributed by atoms with Crippen LogP contribution < -0.4 is 5.73 Å². The quantitative estimate of drug-likeness (QED) is 0.612. The molecule has 2 rings (SSSR count). The van der Waals surface area contributed by atoms with Crippen molar-refractivity contribution in [2.75, 3.05) is 13.6 Å². The Morgan fingerprint density at radius 1 is 1.43 bits per heavy atom. The molecule has 2 unspecified atom stereocenters. The summed E-state index contributed by atoms with van der Waals surface area (Å²) >= 11 is 0. The summed E-state index contributed by atoms with van der Waals surface area (Å²) in [5, 5.41) is 21.3. The van der Waals surface area contributed by atoms with E-state index in [9.17, 15) is 20.0 Å². The van der Waals surface area contributed by atoms with Crippen LogP contribution in [0.4, 0.5) is 5.69 Å². The molecule has 1 fully saturated rings. The van der Waals surface area contributed by atoms with E-state index in [-0.39, 0.29) is 23.3 Å². The third-order valence-corrected chi connectivity index (χ3v) is 4.42. The fourth-order valence-corrected chi connectivity index (χ4v) is 3.18. The number of amides is 1. The standard InChI is InChI=1S/C16H23N3O4/c1-18(10-13-4-2-3-5-15(13)20)9-12-7-6-11(16(17)21)8-14(12)19(22)23/h6-8,13,15,20H,2-5,9-10H2,1H3,(H2,17,21). The SMILES string of the molecule is CN(Cc1ccc(C(N)=O)cc1[N+](=O)[O-])CC1CCCCC1O. The van der Waals surface area contributed by atoms with Crippen molar-refractivity contribution in [3.05, 3.63) is 39.4 Å². The fourth-order valence-electron chi connectivity index (χ4n) is 3.18. The molecule has 0 bridgehead atoms. The Labute approximate surface area is 135 Å². The number of nitrogens with two attached hydrogens (primary N) is 1. The molecule has 7 heteroatoms. The van der Waals surface area contributed by atoms with Crippen LogP contribution in [-0.2, 0) is 6.54 Å². The lowest BCUT2D eigenvalue weighted by Gasteiger charge is -2.31. The van der Waals surface area contributed by atoms with Crippen LogP contribution in [0.15, 0.2) is 18.2 Å². The van der Waals surface area contributed by atoms with Crippen LogP contribution in [0.5, 0.6) is 0 Å². The van der Waals surface area contributed by atoms with Crippen LogP contribution in [0.2, 0.25) is 0 Å². The van der Waals surface area contributed by atoms with Gasteiger partial charge in [-0.2, -0.15) is 0 Å². The first kappa shape index (κ1) is 17.4. The summed E-state index contributed by atoms with van der Waals surface area (Å²) in [5.74, 6) is -0.476. The number of primary amides is 1. The van der Waals surface area contributed by atoms with Gasteiger partial charge in [0.25, 0.3) is 5.69 Å². The minimum atomic E-state index is -0.682. The summed E-state index contributed by atoms with van der Waals surface area (Å²) in [6.45, 7) is 1.08. The van der Waals surface area contributed by atoms with E-state index in [0.29, 0.717) is 18.7 Å². The predicted molar refractivity (Wildman–Crippen MR) is 85.9 cm³/mol. The number of benzene rings is 1. The Kier molecular flexibility index (Phi) is 5.68. The van der Waals surface area contributed by atoms with Gasteiger partial charge in [0.2, 0.25) is 5.91 Å². The Morgan fingerprint density at radius 3 is 2.74 bits per heavy atom. The third-order valence-electron chi connectivity index (χ3n) is 4.42. The van der Waals surface area contributed by atoms with Crippen molar-refractivity contribution >= 4 is 11.6 Å². The number of nitro benzene ring substituents is 1. The van der Waals surface area contributed by atoms with E-state index in [4.69, 9.17) is 5.73 Å². The molecular weight excluding hydrogens is 298 g/mol. The smallest absolute Gasteiger partial charge is 0.274 e. The lowest BCUT2D eigenvalue weighted by Crippen LogP contribution is -2.34. The van der Waals surface area contributed by atoms with Gasteiger partial charge in [-0.25, -0.2) is 0 Å². The van der Waals surface area contributed by atoms with Crippen LogP contribution in [-0.4, -0.2) is 40.5 Å². The Bertz CT molecular complexity index is 591. The molecule has 0 aliphatic heterocycles. The van der Waals surface area contributed by atoms with Crippen LogP contribution in [0, 0.1) is 16.0 Å². The molecule has 0 radical (unpaired) electrons. The molecule has 0 heterocycles. The number of nitro groups is 1. The van der Waals surface area contributed by atoms with E-state index < -0.39 is 10.8 Å². The number of hydrogen-bond acceptors (Lipinski definition) is 5. The molecule has 1 aromatic rings. The first-order chi connectivity index (χ1) is 10.9. The molecule has 3 N–H and O–H groups in total. The van der Waals surface area contributed by atoms with Crippen molar-refractivity contribution in [1.29, 1.82) is 0 Å². The number of nitrogens with zero attached hydrogens (tertiary/aromatic N) is 2. The van der Waals surface area contributed by atoms with Gasteiger partial charge in [0.15, 0.2) is 0 Å². The van der Waals surface area contributed by atoms with Gasteiger partial charge in [-0.15, -0.1) is 0 Å². The summed E-state index contributed by atoms with van der Waals surface area (Å²) in [4.78, 5) is 23.9. The molecule has 1 aliphatic carbocycles. The van der Waals surface area contributed by atoms with Crippen molar-refractivity contribution in [1.82, 2.24) is 4.90 Å². The lowest BCUT2D eigenvalue weighted by atomic mass is 9.86. The number of hydrogen-bond donors (Lipinski definition) is 2. The number of carbonyl (C=O) groups is 1. The van der Waals surface area contributed by atoms with Gasteiger partial charge >= 0.3 is 0 Å². The average molecular weight is 321 g/mol. The fraction of sp³-hybridized carbons (Fsp3) is 0.562. The highest BCUT2D eigenvalue weighted by atomic mass is 16.6. The molecule has 23 heavy (non-hydrogen) atoms. The van der Waals surface area contributed by atoms with Crippen LogP contribution in [0.1, 0.15) is 41.6 Å². The normalized spacial score (nSPS) is 21.3. The van der Waals surface area contributed by atoms with Gasteiger partial charge in [0.05, 0.1) is 11.0 Å². The summed E-state index contributed by atoms with van der Waals surface area (Å²) < 4.78 is 0. The zero-order valence-corrected chi connectivity index (χ0v) is 13.3. The van der Waals surface area contributed by atoms with Gasteiger partial charge < -0.3 is 15.7 Å². The van der Waals surface area contributed by atoms with Crippen molar-refractivity contribution in [3.63, 3.8) is 0 Å². The number of rotatable bonds is 6.